The van der Waals surface area contributed by atoms with E-state index in [1.54, 1.807) is 11.9 Å². The monoisotopic (exact) mass is 630 g/mol. The topological polar surface area (TPSA) is 55.6 Å². The van der Waals surface area contributed by atoms with Gasteiger partial charge in [0.25, 0.3) is 5.91 Å². The number of benzene rings is 1. The van der Waals surface area contributed by atoms with Gasteiger partial charge in [0, 0.05) is 23.6 Å². The fraction of sp³-hybridized carbons (Fsp3) is 0.333. The zero-order valence-corrected chi connectivity index (χ0v) is 17.9. The molecule has 0 fully saturated rings. The van der Waals surface area contributed by atoms with Crippen molar-refractivity contribution in [3.05, 3.63) is 22.8 Å². The summed E-state index contributed by atoms with van der Waals surface area (Å²) in [6.45, 7) is 0.527. The summed E-state index contributed by atoms with van der Waals surface area (Å²) in [5.41, 5.74) is 5.42. The van der Waals surface area contributed by atoms with Crippen LogP contribution in [0.2, 0.25) is 0 Å². The zero-order valence-electron chi connectivity index (χ0n) is 10.7. The molecule has 110 valence electrons. The first kappa shape index (κ1) is 18.6. The maximum atomic E-state index is 11.9. The SMILES string of the molecule is CN(CCC(N)=S)C(=O)COc1c(I)cc(I)cc1I. The van der Waals surface area contributed by atoms with Crippen molar-refractivity contribution in [3.63, 3.8) is 0 Å². The van der Waals surface area contributed by atoms with E-state index in [0.717, 1.165) is 16.5 Å². The molecule has 1 aromatic rings. The fourth-order valence-electron chi connectivity index (χ4n) is 1.31. The lowest BCUT2D eigenvalue weighted by atomic mass is 10.3. The highest BCUT2D eigenvalue weighted by Gasteiger charge is 2.13. The van der Waals surface area contributed by atoms with Gasteiger partial charge in [-0.1, -0.05) is 12.2 Å². The Bertz CT molecular complexity index is 502. The van der Waals surface area contributed by atoms with E-state index in [0.29, 0.717) is 18.0 Å². The molecule has 0 aliphatic carbocycles. The van der Waals surface area contributed by atoms with Crippen LogP contribution in [0, 0.1) is 10.7 Å². The van der Waals surface area contributed by atoms with Gasteiger partial charge in [-0.05, 0) is 79.9 Å². The summed E-state index contributed by atoms with van der Waals surface area (Å²) in [7, 11) is 1.72. The first-order chi connectivity index (χ1) is 9.31. The molecule has 0 spiro atoms. The van der Waals surface area contributed by atoms with E-state index < -0.39 is 0 Å². The van der Waals surface area contributed by atoms with Crippen LogP contribution in [0.3, 0.4) is 0 Å². The third-order valence-electron chi connectivity index (χ3n) is 2.42. The Hall–Kier alpha value is 0.570. The van der Waals surface area contributed by atoms with Crippen molar-refractivity contribution in [2.24, 2.45) is 5.73 Å². The summed E-state index contributed by atoms with van der Waals surface area (Å²) in [4.78, 5) is 13.9. The molecule has 0 saturated carbocycles. The molecule has 8 heteroatoms. The lowest BCUT2D eigenvalue weighted by molar-refractivity contribution is -0.131. The third-order valence-corrected chi connectivity index (χ3v) is 4.85. The van der Waals surface area contributed by atoms with Gasteiger partial charge >= 0.3 is 0 Å². The van der Waals surface area contributed by atoms with Crippen molar-refractivity contribution in [2.45, 2.75) is 6.42 Å². The van der Waals surface area contributed by atoms with Crippen LogP contribution in [-0.2, 0) is 4.79 Å². The molecule has 0 atom stereocenters. The van der Waals surface area contributed by atoms with Crippen molar-refractivity contribution in [1.82, 2.24) is 4.90 Å². The molecule has 0 unspecified atom stereocenters. The molecule has 1 rings (SSSR count). The lowest BCUT2D eigenvalue weighted by Gasteiger charge is -2.18. The van der Waals surface area contributed by atoms with Crippen LogP contribution in [-0.4, -0.2) is 36.0 Å². The molecular formula is C12H13I3N2O2S. The van der Waals surface area contributed by atoms with Crippen molar-refractivity contribution in [1.29, 1.82) is 0 Å². The molecule has 1 amide bonds. The molecule has 0 heterocycles. The number of carbonyl (C=O) groups excluding carboxylic acids is 1. The minimum Gasteiger partial charge on any atom is -0.482 e. The van der Waals surface area contributed by atoms with Crippen LogP contribution >= 0.6 is 80.0 Å². The zero-order chi connectivity index (χ0) is 15.3. The molecule has 2 N–H and O–H groups in total. The molecule has 0 radical (unpaired) electrons. The number of hydrogen-bond donors (Lipinski definition) is 1. The number of nitrogens with zero attached hydrogens (tertiary/aromatic N) is 1. The van der Waals surface area contributed by atoms with Crippen molar-refractivity contribution >= 4 is 90.9 Å². The smallest absolute Gasteiger partial charge is 0.260 e. The van der Waals surface area contributed by atoms with Crippen molar-refractivity contribution < 1.29 is 9.53 Å². The predicted octanol–water partition coefficient (Wildman–Crippen LogP) is 3.01. The number of nitrogens with two attached hydrogens (primary N) is 1. The van der Waals surface area contributed by atoms with Crippen LogP contribution in [0.5, 0.6) is 5.75 Å². The molecule has 0 bridgehead atoms. The van der Waals surface area contributed by atoms with E-state index >= 15 is 0 Å². The molecule has 0 aromatic heterocycles. The molecule has 1 aromatic carbocycles. The standard InChI is InChI=1S/C12H13I3N2O2S/c1-17(3-2-10(16)20)11(18)6-19-12-8(14)4-7(13)5-9(12)15/h4-5H,2-3,6H2,1H3,(H2,16,20). The molecule has 0 aliphatic heterocycles. The van der Waals surface area contributed by atoms with E-state index in [4.69, 9.17) is 22.7 Å². The van der Waals surface area contributed by atoms with Crippen LogP contribution in [0.4, 0.5) is 0 Å². The summed E-state index contributed by atoms with van der Waals surface area (Å²) < 4.78 is 8.78. The van der Waals surface area contributed by atoms with E-state index in [1.165, 1.54) is 0 Å². The Morgan fingerprint density at radius 2 is 1.90 bits per heavy atom. The van der Waals surface area contributed by atoms with E-state index in [1.807, 2.05) is 12.1 Å². The highest BCUT2D eigenvalue weighted by Crippen LogP contribution is 2.29. The molecule has 0 aliphatic rings. The Kier molecular flexibility index (Phi) is 8.27. The van der Waals surface area contributed by atoms with Gasteiger partial charge in [-0.2, -0.15) is 0 Å². The van der Waals surface area contributed by atoms with Crippen LogP contribution in [0.25, 0.3) is 0 Å². The number of carbonyl (C=O) groups is 1. The summed E-state index contributed by atoms with van der Waals surface area (Å²) in [5.74, 6) is 0.661. The first-order valence-electron chi connectivity index (χ1n) is 5.61. The maximum absolute atomic E-state index is 11.9. The molecule has 0 saturated heterocycles. The minimum absolute atomic E-state index is 0.0143. The highest BCUT2D eigenvalue weighted by molar-refractivity contribution is 14.1. The second-order valence-electron chi connectivity index (χ2n) is 4.02. The van der Waals surface area contributed by atoms with Gasteiger partial charge in [0.1, 0.15) is 5.75 Å². The minimum atomic E-state index is -0.0913. The van der Waals surface area contributed by atoms with Crippen LogP contribution in [0.15, 0.2) is 12.1 Å². The second-order valence-corrected chi connectivity index (χ2v) is 8.11. The predicted molar refractivity (Wildman–Crippen MR) is 109 cm³/mol. The summed E-state index contributed by atoms with van der Waals surface area (Å²) in [6, 6.07) is 4.03. The van der Waals surface area contributed by atoms with Gasteiger partial charge in [0.2, 0.25) is 0 Å². The first-order valence-corrected chi connectivity index (χ1v) is 9.25. The lowest BCUT2D eigenvalue weighted by Crippen LogP contribution is -2.33. The van der Waals surface area contributed by atoms with E-state index in [2.05, 4.69) is 67.8 Å². The third kappa shape index (κ3) is 6.13. The average molecular weight is 630 g/mol. The Labute approximate surface area is 164 Å². The largest absolute Gasteiger partial charge is 0.482 e. The maximum Gasteiger partial charge on any atom is 0.260 e. The van der Waals surface area contributed by atoms with Gasteiger partial charge in [-0.25, -0.2) is 0 Å². The summed E-state index contributed by atoms with van der Waals surface area (Å²) in [5, 5.41) is 0. The molecule has 4 nitrogen and oxygen atoms in total. The van der Waals surface area contributed by atoms with Crippen molar-refractivity contribution in [2.75, 3.05) is 20.2 Å². The molecular weight excluding hydrogens is 617 g/mol. The number of amides is 1. The Morgan fingerprint density at radius 1 is 1.35 bits per heavy atom. The number of halogens is 3. The Morgan fingerprint density at radius 3 is 2.40 bits per heavy atom. The van der Waals surface area contributed by atoms with Gasteiger partial charge in [0.05, 0.1) is 12.1 Å². The average Bonchev–Trinajstić information content (AvgIpc) is 2.34. The molecule has 20 heavy (non-hydrogen) atoms. The van der Waals surface area contributed by atoms with E-state index in [9.17, 15) is 4.79 Å². The number of likely N-dealkylation sites (N-methyl/N-ethyl adjacent to an activating group) is 1. The second kappa shape index (κ2) is 8.88. The quantitative estimate of drug-likeness (QED) is 0.389. The van der Waals surface area contributed by atoms with Gasteiger partial charge in [0.15, 0.2) is 6.61 Å². The van der Waals surface area contributed by atoms with Gasteiger partial charge in [-0.15, -0.1) is 0 Å². The van der Waals surface area contributed by atoms with Crippen molar-refractivity contribution in [3.8, 4) is 5.75 Å². The number of ether oxygens (including phenoxy) is 1. The van der Waals surface area contributed by atoms with Gasteiger partial charge < -0.3 is 15.4 Å². The van der Waals surface area contributed by atoms with Gasteiger partial charge in [-0.3, -0.25) is 4.79 Å². The Balaban J connectivity index is 2.59. The van der Waals surface area contributed by atoms with Crippen LogP contribution in [0.1, 0.15) is 6.42 Å². The fourth-order valence-corrected chi connectivity index (χ4v) is 5.30. The van der Waals surface area contributed by atoms with Crippen LogP contribution < -0.4 is 10.5 Å². The number of hydrogen-bond acceptors (Lipinski definition) is 3. The highest BCUT2D eigenvalue weighted by atomic mass is 127. The number of thiocarbonyl (C=S) groups is 1. The summed E-state index contributed by atoms with van der Waals surface area (Å²) in [6.07, 6.45) is 0.524. The summed E-state index contributed by atoms with van der Waals surface area (Å²) >= 11 is 11.5. The number of rotatable bonds is 6. The van der Waals surface area contributed by atoms with E-state index in [-0.39, 0.29) is 12.5 Å². The normalized spacial score (nSPS) is 10.2.